The predicted octanol–water partition coefficient (Wildman–Crippen LogP) is 1.65. The van der Waals surface area contributed by atoms with E-state index in [1.807, 2.05) is 0 Å². The van der Waals surface area contributed by atoms with Crippen molar-refractivity contribution < 1.29 is 22.7 Å². The molecule has 1 aliphatic heterocycles. The Balaban J connectivity index is 1.97. The van der Waals surface area contributed by atoms with Crippen LogP contribution < -0.4 is 10.1 Å². The first-order valence-electron chi connectivity index (χ1n) is 7.53. The van der Waals surface area contributed by atoms with Gasteiger partial charge in [-0.3, -0.25) is 4.79 Å². The minimum atomic E-state index is -3.46. The van der Waals surface area contributed by atoms with Crippen LogP contribution in [0.25, 0.3) is 0 Å². The average Bonchev–Trinajstić information content (AvgIpc) is 2.57. The highest BCUT2D eigenvalue weighted by Crippen LogP contribution is 2.31. The van der Waals surface area contributed by atoms with E-state index in [2.05, 4.69) is 5.32 Å². The molecule has 134 valence electrons. The van der Waals surface area contributed by atoms with Crippen LogP contribution in [0.3, 0.4) is 0 Å². The Morgan fingerprint density at radius 1 is 1.38 bits per heavy atom. The first-order chi connectivity index (χ1) is 11.3. The van der Waals surface area contributed by atoms with Gasteiger partial charge < -0.3 is 14.8 Å². The van der Waals surface area contributed by atoms with Crippen molar-refractivity contribution in [1.82, 2.24) is 4.31 Å². The van der Waals surface area contributed by atoms with Gasteiger partial charge in [-0.15, -0.1) is 0 Å². The number of ether oxygens (including phenoxy) is 2. The molecule has 1 fully saturated rings. The number of aryl methyl sites for hydroxylation is 1. The summed E-state index contributed by atoms with van der Waals surface area (Å²) in [5.41, 5.74) is 1.25. The number of morpholine rings is 1. The molecule has 0 aromatic heterocycles. The zero-order valence-corrected chi connectivity index (χ0v) is 15.2. The number of amides is 1. The minimum absolute atomic E-state index is 0.134. The lowest BCUT2D eigenvalue weighted by atomic mass is 10.2. The van der Waals surface area contributed by atoms with Crippen LogP contribution in [0.5, 0.6) is 5.75 Å². The fraction of sp³-hybridized carbons (Fsp3) is 0.533. The van der Waals surface area contributed by atoms with Crippen molar-refractivity contribution in [3.05, 3.63) is 22.7 Å². The number of nitrogens with zero attached hydrogens (tertiary/aromatic N) is 1. The first kappa shape index (κ1) is 19.0. The number of anilines is 1. The summed E-state index contributed by atoms with van der Waals surface area (Å²) in [7, 11) is -1.99. The summed E-state index contributed by atoms with van der Waals surface area (Å²) >= 11 is 6.02. The molecule has 1 N–H and O–H groups in total. The van der Waals surface area contributed by atoms with Gasteiger partial charge in [-0.1, -0.05) is 11.6 Å². The van der Waals surface area contributed by atoms with E-state index < -0.39 is 15.9 Å². The number of halogens is 1. The molecular formula is C15H21ClN2O5S. The van der Waals surface area contributed by atoms with E-state index in [0.717, 1.165) is 5.56 Å². The Morgan fingerprint density at radius 3 is 2.67 bits per heavy atom. The summed E-state index contributed by atoms with van der Waals surface area (Å²) in [6.07, 6.45) is -0.134. The number of carbonyl (C=O) groups excluding carboxylic acids is 1. The van der Waals surface area contributed by atoms with Gasteiger partial charge in [0.2, 0.25) is 15.9 Å². The molecule has 0 atom stereocenters. The van der Waals surface area contributed by atoms with E-state index in [4.69, 9.17) is 21.1 Å². The van der Waals surface area contributed by atoms with Crippen LogP contribution in [0.4, 0.5) is 5.69 Å². The summed E-state index contributed by atoms with van der Waals surface area (Å²) in [5, 5.41) is 3.20. The molecule has 1 heterocycles. The molecule has 7 nitrogen and oxygen atoms in total. The Labute approximate surface area is 146 Å². The Kier molecular flexibility index (Phi) is 6.45. The third-order valence-electron chi connectivity index (χ3n) is 3.71. The smallest absolute Gasteiger partial charge is 0.225 e. The van der Waals surface area contributed by atoms with Gasteiger partial charge in [0.25, 0.3) is 0 Å². The number of rotatable bonds is 6. The van der Waals surface area contributed by atoms with Crippen molar-refractivity contribution in [2.45, 2.75) is 13.3 Å². The number of carbonyl (C=O) groups is 1. The standard InChI is InChI=1S/C15H21ClN2O5S/c1-11-9-13(14(22-2)10-12(11)16)17-15(19)3-8-24(20,21)18-4-6-23-7-5-18/h9-10H,3-8H2,1-2H3,(H,17,19). The number of methoxy groups -OCH3 is 1. The molecule has 0 bridgehead atoms. The van der Waals surface area contributed by atoms with Gasteiger partial charge in [-0.05, 0) is 18.6 Å². The fourth-order valence-corrected chi connectivity index (χ4v) is 3.88. The van der Waals surface area contributed by atoms with Crippen LogP contribution in [-0.4, -0.2) is 57.8 Å². The minimum Gasteiger partial charge on any atom is -0.495 e. The van der Waals surface area contributed by atoms with E-state index in [9.17, 15) is 13.2 Å². The summed E-state index contributed by atoms with van der Waals surface area (Å²) in [6.45, 7) is 3.22. The molecule has 1 aromatic rings. The van der Waals surface area contributed by atoms with Crippen molar-refractivity contribution in [2.24, 2.45) is 0 Å². The number of benzene rings is 1. The first-order valence-corrected chi connectivity index (χ1v) is 9.52. The lowest BCUT2D eigenvalue weighted by Gasteiger charge is -2.25. The highest BCUT2D eigenvalue weighted by molar-refractivity contribution is 7.89. The Morgan fingerprint density at radius 2 is 2.04 bits per heavy atom. The van der Waals surface area contributed by atoms with Crippen LogP contribution in [0, 0.1) is 6.92 Å². The summed E-state index contributed by atoms with van der Waals surface area (Å²) in [6, 6.07) is 3.30. The van der Waals surface area contributed by atoms with E-state index in [1.54, 1.807) is 19.1 Å². The van der Waals surface area contributed by atoms with Crippen LogP contribution in [-0.2, 0) is 19.6 Å². The van der Waals surface area contributed by atoms with Crippen LogP contribution in [0.2, 0.25) is 5.02 Å². The lowest BCUT2D eigenvalue weighted by Crippen LogP contribution is -2.42. The zero-order valence-electron chi connectivity index (χ0n) is 13.7. The summed E-state index contributed by atoms with van der Waals surface area (Å²) in [5.74, 6) is -0.213. The molecule has 1 aliphatic rings. The molecule has 0 spiro atoms. The van der Waals surface area contributed by atoms with Gasteiger partial charge >= 0.3 is 0 Å². The van der Waals surface area contributed by atoms with E-state index >= 15 is 0 Å². The van der Waals surface area contributed by atoms with Gasteiger partial charge in [0.1, 0.15) is 5.75 Å². The SMILES string of the molecule is COc1cc(Cl)c(C)cc1NC(=O)CCS(=O)(=O)N1CCOCC1. The molecule has 1 amide bonds. The maximum atomic E-state index is 12.2. The summed E-state index contributed by atoms with van der Waals surface area (Å²) in [4.78, 5) is 12.1. The van der Waals surface area contributed by atoms with Crippen molar-refractivity contribution >= 4 is 33.2 Å². The van der Waals surface area contributed by atoms with Crippen LogP contribution >= 0.6 is 11.6 Å². The fourth-order valence-electron chi connectivity index (χ4n) is 2.32. The number of hydrogen-bond acceptors (Lipinski definition) is 5. The molecule has 0 radical (unpaired) electrons. The second kappa shape index (κ2) is 8.15. The second-order valence-electron chi connectivity index (χ2n) is 5.43. The highest BCUT2D eigenvalue weighted by Gasteiger charge is 2.25. The van der Waals surface area contributed by atoms with Gasteiger partial charge in [-0.2, -0.15) is 4.31 Å². The topological polar surface area (TPSA) is 84.9 Å². The van der Waals surface area contributed by atoms with Gasteiger partial charge in [0.05, 0.1) is 31.8 Å². The molecule has 24 heavy (non-hydrogen) atoms. The second-order valence-corrected chi connectivity index (χ2v) is 7.92. The van der Waals surface area contributed by atoms with Crippen molar-refractivity contribution in [1.29, 1.82) is 0 Å². The Bertz CT molecular complexity index is 702. The molecule has 0 unspecified atom stereocenters. The van der Waals surface area contributed by atoms with E-state index in [1.165, 1.54) is 11.4 Å². The number of hydrogen-bond donors (Lipinski definition) is 1. The zero-order chi connectivity index (χ0) is 17.7. The number of nitrogens with one attached hydrogen (secondary N) is 1. The quantitative estimate of drug-likeness (QED) is 0.815. The molecule has 1 saturated heterocycles. The van der Waals surface area contributed by atoms with E-state index in [-0.39, 0.29) is 12.2 Å². The van der Waals surface area contributed by atoms with Crippen molar-refractivity contribution in [3.8, 4) is 5.75 Å². The number of sulfonamides is 1. The van der Waals surface area contributed by atoms with Gasteiger partial charge in [0.15, 0.2) is 0 Å². The monoisotopic (exact) mass is 376 g/mol. The summed E-state index contributed by atoms with van der Waals surface area (Å²) < 4.78 is 36.1. The lowest BCUT2D eigenvalue weighted by molar-refractivity contribution is -0.115. The molecular weight excluding hydrogens is 356 g/mol. The maximum Gasteiger partial charge on any atom is 0.225 e. The van der Waals surface area contributed by atoms with Crippen molar-refractivity contribution in [2.75, 3.05) is 44.5 Å². The molecule has 0 aliphatic carbocycles. The predicted molar refractivity (Wildman–Crippen MR) is 92.2 cm³/mol. The molecule has 2 rings (SSSR count). The average molecular weight is 377 g/mol. The van der Waals surface area contributed by atoms with Gasteiger partial charge in [-0.25, -0.2) is 8.42 Å². The molecule has 9 heteroatoms. The molecule has 0 saturated carbocycles. The van der Waals surface area contributed by atoms with E-state index in [0.29, 0.717) is 42.8 Å². The van der Waals surface area contributed by atoms with Crippen molar-refractivity contribution in [3.63, 3.8) is 0 Å². The largest absolute Gasteiger partial charge is 0.495 e. The van der Waals surface area contributed by atoms with Gasteiger partial charge in [0, 0.05) is 30.6 Å². The molecule has 1 aromatic carbocycles. The third-order valence-corrected chi connectivity index (χ3v) is 5.98. The van der Waals surface area contributed by atoms with Crippen LogP contribution in [0.15, 0.2) is 12.1 Å². The highest BCUT2D eigenvalue weighted by atomic mass is 35.5. The maximum absolute atomic E-state index is 12.2. The Hall–Kier alpha value is -1.35. The third kappa shape index (κ3) is 4.83. The normalized spacial score (nSPS) is 16.0. The van der Waals surface area contributed by atoms with Crippen LogP contribution in [0.1, 0.15) is 12.0 Å².